The van der Waals surface area contributed by atoms with E-state index in [1.54, 1.807) is 35.9 Å². The number of anilines is 1. The van der Waals surface area contributed by atoms with Gasteiger partial charge in [0.15, 0.2) is 0 Å². The van der Waals surface area contributed by atoms with Crippen molar-refractivity contribution in [1.82, 2.24) is 4.98 Å². The number of benzene rings is 1. The SMILES string of the molecule is O=C1CN=C(c2ccc(F)cc2)c2c(sc3c2CCCC3)N1Cc1ccncc1. The van der Waals surface area contributed by atoms with Gasteiger partial charge in [-0.1, -0.05) is 0 Å². The van der Waals surface area contributed by atoms with Gasteiger partial charge in [-0.05, 0) is 73.2 Å². The maximum Gasteiger partial charge on any atom is 0.249 e. The number of carbonyl (C=O) groups excluding carboxylic acids is 1. The van der Waals surface area contributed by atoms with Gasteiger partial charge < -0.3 is 0 Å². The number of fused-ring (bicyclic) bond motifs is 3. The lowest BCUT2D eigenvalue weighted by Crippen LogP contribution is -2.31. The average molecular weight is 405 g/mol. The predicted molar refractivity (Wildman–Crippen MR) is 113 cm³/mol. The zero-order valence-electron chi connectivity index (χ0n) is 15.9. The van der Waals surface area contributed by atoms with Crippen molar-refractivity contribution < 1.29 is 9.18 Å². The second kappa shape index (κ2) is 7.52. The van der Waals surface area contributed by atoms with Crippen LogP contribution in [0.25, 0.3) is 0 Å². The molecule has 3 aromatic rings. The molecule has 3 heterocycles. The minimum Gasteiger partial charge on any atom is -0.297 e. The van der Waals surface area contributed by atoms with E-state index in [1.807, 2.05) is 17.0 Å². The van der Waals surface area contributed by atoms with Gasteiger partial charge in [-0.3, -0.25) is 19.7 Å². The number of aromatic nitrogens is 1. The molecule has 1 aromatic carbocycles. The molecule has 1 amide bonds. The van der Waals surface area contributed by atoms with Gasteiger partial charge in [0, 0.05) is 28.4 Å². The first-order chi connectivity index (χ1) is 14.2. The molecular formula is C23H20FN3OS. The number of hydrogen-bond acceptors (Lipinski definition) is 4. The molecule has 0 unspecified atom stereocenters. The summed E-state index contributed by atoms with van der Waals surface area (Å²) in [4.78, 5) is 25.1. The van der Waals surface area contributed by atoms with E-state index in [-0.39, 0.29) is 18.3 Å². The molecule has 0 atom stereocenters. The van der Waals surface area contributed by atoms with Crippen molar-refractivity contribution in [2.24, 2.45) is 4.99 Å². The Morgan fingerprint density at radius 2 is 1.79 bits per heavy atom. The maximum absolute atomic E-state index is 13.5. The molecule has 0 fully saturated rings. The van der Waals surface area contributed by atoms with Gasteiger partial charge >= 0.3 is 0 Å². The topological polar surface area (TPSA) is 45.6 Å². The van der Waals surface area contributed by atoms with Crippen molar-refractivity contribution in [2.45, 2.75) is 32.2 Å². The van der Waals surface area contributed by atoms with E-state index in [2.05, 4.69) is 4.98 Å². The smallest absolute Gasteiger partial charge is 0.249 e. The molecule has 0 spiro atoms. The molecule has 29 heavy (non-hydrogen) atoms. The zero-order valence-corrected chi connectivity index (χ0v) is 16.7. The normalized spacial score (nSPS) is 16.1. The molecule has 0 bridgehead atoms. The van der Waals surface area contributed by atoms with Crippen LogP contribution in [0.1, 0.15) is 40.0 Å². The molecule has 1 aliphatic carbocycles. The molecule has 0 saturated carbocycles. The summed E-state index contributed by atoms with van der Waals surface area (Å²) < 4.78 is 13.5. The second-order valence-corrected chi connectivity index (χ2v) is 8.48. The molecule has 2 aliphatic rings. The highest BCUT2D eigenvalue weighted by molar-refractivity contribution is 7.17. The van der Waals surface area contributed by atoms with Crippen LogP contribution in [-0.2, 0) is 24.2 Å². The van der Waals surface area contributed by atoms with Gasteiger partial charge in [0.25, 0.3) is 0 Å². The lowest BCUT2D eigenvalue weighted by atomic mass is 9.91. The first-order valence-corrected chi connectivity index (χ1v) is 10.7. The summed E-state index contributed by atoms with van der Waals surface area (Å²) in [7, 11) is 0. The van der Waals surface area contributed by atoms with Crippen molar-refractivity contribution in [3.05, 3.63) is 81.7 Å². The minimum absolute atomic E-state index is 0.0150. The van der Waals surface area contributed by atoms with Gasteiger partial charge in [-0.2, -0.15) is 0 Å². The fourth-order valence-electron chi connectivity index (χ4n) is 4.08. The molecule has 6 heteroatoms. The lowest BCUT2D eigenvalue weighted by molar-refractivity contribution is -0.117. The van der Waals surface area contributed by atoms with Crippen LogP contribution in [0.3, 0.4) is 0 Å². The summed E-state index contributed by atoms with van der Waals surface area (Å²) >= 11 is 1.72. The zero-order chi connectivity index (χ0) is 19.8. The van der Waals surface area contributed by atoms with Crippen LogP contribution in [0.2, 0.25) is 0 Å². The van der Waals surface area contributed by atoms with Crippen LogP contribution >= 0.6 is 11.3 Å². The molecule has 2 aromatic heterocycles. The van der Waals surface area contributed by atoms with Crippen molar-refractivity contribution in [3.63, 3.8) is 0 Å². The van der Waals surface area contributed by atoms with Crippen LogP contribution in [0.4, 0.5) is 9.39 Å². The standard InChI is InChI=1S/C23H20FN3OS/c24-17-7-5-16(6-8-17)22-21-18-3-1-2-4-19(18)29-23(21)27(20(28)13-26-22)14-15-9-11-25-12-10-15/h5-12H,1-4,13-14H2. The largest absolute Gasteiger partial charge is 0.297 e. The van der Waals surface area contributed by atoms with Crippen LogP contribution in [0, 0.1) is 5.82 Å². The molecule has 0 saturated heterocycles. The number of pyridine rings is 1. The number of aliphatic imine (C=N–C) groups is 1. The van der Waals surface area contributed by atoms with Crippen LogP contribution in [0.5, 0.6) is 0 Å². The van der Waals surface area contributed by atoms with Crippen LogP contribution < -0.4 is 4.90 Å². The monoisotopic (exact) mass is 405 g/mol. The lowest BCUT2D eigenvalue weighted by Gasteiger charge is -2.21. The summed E-state index contributed by atoms with van der Waals surface area (Å²) in [6.45, 7) is 0.591. The summed E-state index contributed by atoms with van der Waals surface area (Å²) in [6.07, 6.45) is 7.86. The van der Waals surface area contributed by atoms with Crippen LogP contribution in [-0.4, -0.2) is 23.1 Å². The van der Waals surface area contributed by atoms with E-state index in [1.165, 1.54) is 29.0 Å². The quantitative estimate of drug-likeness (QED) is 0.642. The Balaban J connectivity index is 1.66. The van der Waals surface area contributed by atoms with E-state index in [0.717, 1.165) is 46.7 Å². The minimum atomic E-state index is -0.272. The highest BCUT2D eigenvalue weighted by atomic mass is 32.1. The third-order valence-corrected chi connectivity index (χ3v) is 6.83. The van der Waals surface area contributed by atoms with Gasteiger partial charge in [0.05, 0.1) is 12.3 Å². The third kappa shape index (κ3) is 3.38. The molecular weight excluding hydrogens is 385 g/mol. The Hall–Kier alpha value is -2.86. The maximum atomic E-state index is 13.5. The van der Waals surface area contributed by atoms with Gasteiger partial charge in [0.1, 0.15) is 17.4 Å². The number of carbonyl (C=O) groups is 1. The Bertz CT molecular complexity index is 1090. The van der Waals surface area contributed by atoms with E-state index in [9.17, 15) is 9.18 Å². The first-order valence-electron chi connectivity index (χ1n) is 9.85. The second-order valence-electron chi connectivity index (χ2n) is 7.40. The molecule has 4 nitrogen and oxygen atoms in total. The molecule has 5 rings (SSSR count). The molecule has 0 N–H and O–H groups in total. The number of hydrogen-bond donors (Lipinski definition) is 0. The highest BCUT2D eigenvalue weighted by Crippen LogP contribution is 2.43. The van der Waals surface area contributed by atoms with E-state index in [4.69, 9.17) is 4.99 Å². The number of rotatable bonds is 3. The van der Waals surface area contributed by atoms with Crippen molar-refractivity contribution in [1.29, 1.82) is 0 Å². The Morgan fingerprint density at radius 1 is 1.03 bits per heavy atom. The van der Waals surface area contributed by atoms with E-state index < -0.39 is 0 Å². The van der Waals surface area contributed by atoms with Crippen molar-refractivity contribution in [3.8, 4) is 0 Å². The Kier molecular flexibility index (Phi) is 4.72. The average Bonchev–Trinajstić information content (AvgIpc) is 3.07. The summed E-state index contributed by atoms with van der Waals surface area (Å²) in [5, 5.41) is 0.972. The number of aryl methyl sites for hydroxylation is 1. The number of amides is 1. The van der Waals surface area contributed by atoms with Crippen molar-refractivity contribution in [2.75, 3.05) is 11.4 Å². The van der Waals surface area contributed by atoms with Gasteiger partial charge in [-0.15, -0.1) is 11.3 Å². The number of thiophene rings is 1. The first kappa shape index (κ1) is 18.2. The third-order valence-electron chi connectivity index (χ3n) is 5.52. The summed E-state index contributed by atoms with van der Waals surface area (Å²) in [5.74, 6) is -0.287. The molecule has 0 radical (unpaired) electrons. The van der Waals surface area contributed by atoms with E-state index >= 15 is 0 Å². The Morgan fingerprint density at radius 3 is 2.59 bits per heavy atom. The number of halogens is 1. The molecule has 146 valence electrons. The van der Waals surface area contributed by atoms with Crippen LogP contribution in [0.15, 0.2) is 53.8 Å². The fraction of sp³-hybridized carbons (Fsp3) is 0.261. The molecule has 1 aliphatic heterocycles. The van der Waals surface area contributed by atoms with Crippen molar-refractivity contribution >= 4 is 28.0 Å². The predicted octanol–water partition coefficient (Wildman–Crippen LogP) is 4.55. The fourth-order valence-corrected chi connectivity index (χ4v) is 5.49. The summed E-state index contributed by atoms with van der Waals surface area (Å²) in [6, 6.07) is 10.3. The summed E-state index contributed by atoms with van der Waals surface area (Å²) in [5.41, 5.74) is 5.09. The van der Waals surface area contributed by atoms with Gasteiger partial charge in [0.2, 0.25) is 5.91 Å². The van der Waals surface area contributed by atoms with Gasteiger partial charge in [-0.25, -0.2) is 4.39 Å². The highest BCUT2D eigenvalue weighted by Gasteiger charge is 2.32. The number of nitrogens with zero attached hydrogens (tertiary/aromatic N) is 3. The Labute approximate surface area is 172 Å². The van der Waals surface area contributed by atoms with E-state index in [0.29, 0.717) is 6.54 Å².